The van der Waals surface area contributed by atoms with E-state index in [9.17, 15) is 13.9 Å². The number of aryl methyl sites for hydroxylation is 1. The van der Waals surface area contributed by atoms with E-state index in [1.54, 1.807) is 0 Å². The van der Waals surface area contributed by atoms with E-state index in [0.29, 0.717) is 0 Å². The first-order chi connectivity index (χ1) is 8.02. The quantitative estimate of drug-likeness (QED) is 0.893. The van der Waals surface area contributed by atoms with Gasteiger partial charge in [0.05, 0.1) is 11.8 Å². The van der Waals surface area contributed by atoms with Gasteiger partial charge >= 0.3 is 0 Å². The predicted octanol–water partition coefficient (Wildman–Crippen LogP) is 3.60. The van der Waals surface area contributed by atoms with E-state index in [0.717, 1.165) is 6.07 Å². The molecule has 0 aliphatic heterocycles. The molecular formula is C12H9ClF2O2. The Kier molecular flexibility index (Phi) is 3.17. The van der Waals surface area contributed by atoms with Crippen LogP contribution in [-0.4, -0.2) is 5.11 Å². The van der Waals surface area contributed by atoms with E-state index in [4.69, 9.17) is 16.0 Å². The van der Waals surface area contributed by atoms with Crippen LogP contribution in [0.25, 0.3) is 0 Å². The van der Waals surface area contributed by atoms with E-state index in [1.165, 1.54) is 25.3 Å². The molecular weight excluding hydrogens is 250 g/mol. The molecule has 0 bridgehead atoms. The van der Waals surface area contributed by atoms with Gasteiger partial charge in [-0.3, -0.25) is 0 Å². The molecule has 0 saturated heterocycles. The molecule has 90 valence electrons. The van der Waals surface area contributed by atoms with Gasteiger partial charge in [-0.15, -0.1) is 0 Å². The molecule has 0 spiro atoms. The summed E-state index contributed by atoms with van der Waals surface area (Å²) in [6, 6.07) is 3.77. The van der Waals surface area contributed by atoms with Gasteiger partial charge in [0.1, 0.15) is 17.7 Å². The fourth-order valence-corrected chi connectivity index (χ4v) is 1.80. The number of benzene rings is 1. The lowest BCUT2D eigenvalue weighted by molar-refractivity contribution is 0.208. The summed E-state index contributed by atoms with van der Waals surface area (Å²) in [5, 5.41) is 9.84. The molecule has 0 aliphatic carbocycles. The number of aliphatic hydroxyl groups excluding tert-OH is 1. The van der Waals surface area contributed by atoms with Crippen molar-refractivity contribution in [1.82, 2.24) is 0 Å². The lowest BCUT2D eigenvalue weighted by Crippen LogP contribution is -2.06. The normalized spacial score (nSPS) is 12.8. The summed E-state index contributed by atoms with van der Waals surface area (Å²) in [7, 11) is 0. The number of furan rings is 1. The summed E-state index contributed by atoms with van der Waals surface area (Å²) in [4.78, 5) is 0. The lowest BCUT2D eigenvalue weighted by atomic mass is 10.0. The van der Waals surface area contributed by atoms with Crippen molar-refractivity contribution in [3.63, 3.8) is 0 Å². The van der Waals surface area contributed by atoms with E-state index in [1.807, 2.05) is 0 Å². The van der Waals surface area contributed by atoms with Crippen LogP contribution in [-0.2, 0) is 0 Å². The van der Waals surface area contributed by atoms with Gasteiger partial charge in [0.15, 0.2) is 5.22 Å². The minimum absolute atomic E-state index is 0.0854. The molecule has 1 aromatic carbocycles. The van der Waals surface area contributed by atoms with E-state index < -0.39 is 23.3 Å². The number of rotatable bonds is 2. The average molecular weight is 259 g/mol. The molecule has 2 nitrogen and oxygen atoms in total. The molecule has 1 aromatic heterocycles. The number of halogens is 3. The third-order valence-corrected chi connectivity index (χ3v) is 2.84. The number of hydrogen-bond acceptors (Lipinski definition) is 2. The summed E-state index contributed by atoms with van der Waals surface area (Å²) < 4.78 is 32.1. The minimum Gasteiger partial charge on any atom is -0.453 e. The van der Waals surface area contributed by atoms with Crippen LogP contribution in [0.5, 0.6) is 0 Å². The van der Waals surface area contributed by atoms with Crippen molar-refractivity contribution in [2.75, 3.05) is 0 Å². The highest BCUT2D eigenvalue weighted by molar-refractivity contribution is 6.29. The van der Waals surface area contributed by atoms with Gasteiger partial charge in [0.2, 0.25) is 0 Å². The second kappa shape index (κ2) is 4.47. The van der Waals surface area contributed by atoms with Crippen molar-refractivity contribution in [1.29, 1.82) is 0 Å². The highest BCUT2D eigenvalue weighted by atomic mass is 35.5. The van der Waals surface area contributed by atoms with Crippen molar-refractivity contribution in [3.05, 3.63) is 58.0 Å². The SMILES string of the molecule is Cc1ccc(F)c(C(O)c2ccoc2Cl)c1F. The number of hydrogen-bond donors (Lipinski definition) is 1. The molecule has 0 amide bonds. The smallest absolute Gasteiger partial charge is 0.199 e. The molecule has 1 N–H and O–H groups in total. The minimum atomic E-state index is -1.49. The summed E-state index contributed by atoms with van der Waals surface area (Å²) in [5.74, 6) is -1.60. The standard InChI is InChI=1S/C12H9ClF2O2/c1-6-2-3-8(14)9(10(6)15)11(16)7-4-5-17-12(7)13/h2-5,11,16H,1H3. The molecule has 2 rings (SSSR count). The molecule has 1 heterocycles. The molecule has 0 radical (unpaired) electrons. The van der Waals surface area contributed by atoms with Crippen LogP contribution in [0.2, 0.25) is 5.22 Å². The Labute approximate surface area is 101 Å². The van der Waals surface area contributed by atoms with Crippen LogP contribution in [0.15, 0.2) is 28.9 Å². The van der Waals surface area contributed by atoms with Gasteiger partial charge < -0.3 is 9.52 Å². The Morgan fingerprint density at radius 1 is 1.29 bits per heavy atom. The van der Waals surface area contributed by atoms with Gasteiger partial charge in [-0.25, -0.2) is 8.78 Å². The average Bonchev–Trinajstić information content (AvgIpc) is 2.70. The largest absolute Gasteiger partial charge is 0.453 e. The van der Waals surface area contributed by atoms with Crippen LogP contribution in [0, 0.1) is 18.6 Å². The molecule has 17 heavy (non-hydrogen) atoms. The first kappa shape index (κ1) is 12.1. The van der Waals surface area contributed by atoms with Crippen LogP contribution < -0.4 is 0 Å². The van der Waals surface area contributed by atoms with Gasteiger partial charge in [-0.2, -0.15) is 0 Å². The van der Waals surface area contributed by atoms with Gasteiger partial charge in [0.25, 0.3) is 0 Å². The van der Waals surface area contributed by atoms with Gasteiger partial charge in [0, 0.05) is 5.56 Å². The van der Waals surface area contributed by atoms with E-state index >= 15 is 0 Å². The predicted molar refractivity (Wildman–Crippen MR) is 58.9 cm³/mol. The summed E-state index contributed by atoms with van der Waals surface area (Å²) in [6.07, 6.45) is -0.242. The number of aliphatic hydroxyl groups is 1. The van der Waals surface area contributed by atoms with Crippen molar-refractivity contribution >= 4 is 11.6 Å². The van der Waals surface area contributed by atoms with Crippen LogP contribution >= 0.6 is 11.6 Å². The Balaban J connectivity index is 2.55. The monoisotopic (exact) mass is 258 g/mol. The third-order valence-electron chi connectivity index (χ3n) is 2.53. The summed E-state index contributed by atoms with van der Waals surface area (Å²) in [6.45, 7) is 1.49. The second-order valence-electron chi connectivity index (χ2n) is 3.64. The van der Waals surface area contributed by atoms with Gasteiger partial charge in [-0.05, 0) is 36.2 Å². The Hall–Kier alpha value is -1.39. The van der Waals surface area contributed by atoms with E-state index in [-0.39, 0.29) is 16.3 Å². The van der Waals surface area contributed by atoms with Crippen LogP contribution in [0.1, 0.15) is 22.8 Å². The summed E-state index contributed by atoms with van der Waals surface area (Å²) in [5.41, 5.74) is -0.0385. The first-order valence-electron chi connectivity index (χ1n) is 4.88. The maximum Gasteiger partial charge on any atom is 0.199 e. The zero-order valence-corrected chi connectivity index (χ0v) is 9.63. The highest BCUT2D eigenvalue weighted by Gasteiger charge is 2.24. The summed E-state index contributed by atoms with van der Waals surface area (Å²) >= 11 is 5.66. The Morgan fingerprint density at radius 2 is 2.00 bits per heavy atom. The first-order valence-corrected chi connectivity index (χ1v) is 5.25. The topological polar surface area (TPSA) is 33.4 Å². The van der Waals surface area contributed by atoms with Gasteiger partial charge in [-0.1, -0.05) is 6.07 Å². The molecule has 1 atom stereocenters. The maximum atomic E-state index is 13.8. The fourth-order valence-electron chi connectivity index (χ4n) is 1.58. The zero-order chi connectivity index (χ0) is 12.6. The van der Waals surface area contributed by atoms with Crippen molar-refractivity contribution in [3.8, 4) is 0 Å². The van der Waals surface area contributed by atoms with Crippen molar-refractivity contribution < 1.29 is 18.3 Å². The molecule has 0 aliphatic rings. The highest BCUT2D eigenvalue weighted by Crippen LogP contribution is 2.32. The van der Waals surface area contributed by atoms with Crippen molar-refractivity contribution in [2.45, 2.75) is 13.0 Å². The maximum absolute atomic E-state index is 13.8. The second-order valence-corrected chi connectivity index (χ2v) is 3.99. The van der Waals surface area contributed by atoms with Crippen LogP contribution in [0.3, 0.4) is 0 Å². The molecule has 0 saturated carbocycles. The van der Waals surface area contributed by atoms with Crippen LogP contribution in [0.4, 0.5) is 8.78 Å². The van der Waals surface area contributed by atoms with E-state index in [2.05, 4.69) is 0 Å². The lowest BCUT2D eigenvalue weighted by Gasteiger charge is -2.13. The molecule has 5 heteroatoms. The molecule has 0 fully saturated rings. The zero-order valence-electron chi connectivity index (χ0n) is 8.88. The fraction of sp³-hybridized carbons (Fsp3) is 0.167. The van der Waals surface area contributed by atoms with Crippen molar-refractivity contribution in [2.24, 2.45) is 0 Å². The third kappa shape index (κ3) is 2.06. The molecule has 2 aromatic rings. The molecule has 1 unspecified atom stereocenters. The Bertz CT molecular complexity index is 551. The Morgan fingerprint density at radius 3 is 2.59 bits per heavy atom.